The third-order valence-corrected chi connectivity index (χ3v) is 4.34. The van der Waals surface area contributed by atoms with Crippen LogP contribution in [0.2, 0.25) is 0 Å². The summed E-state index contributed by atoms with van der Waals surface area (Å²) >= 11 is 0. The Morgan fingerprint density at radius 1 is 1.17 bits per heavy atom. The molecule has 3 rings (SSSR count). The van der Waals surface area contributed by atoms with Crippen molar-refractivity contribution in [3.8, 4) is 11.5 Å². The number of nitrogens with zero attached hydrogens (tertiary/aromatic N) is 1. The Labute approximate surface area is 136 Å². The van der Waals surface area contributed by atoms with Crippen molar-refractivity contribution in [3.05, 3.63) is 59.2 Å². The van der Waals surface area contributed by atoms with Crippen molar-refractivity contribution in [2.24, 2.45) is 0 Å². The van der Waals surface area contributed by atoms with Gasteiger partial charge in [-0.15, -0.1) is 0 Å². The Morgan fingerprint density at radius 3 is 2.70 bits per heavy atom. The molecular weight excluding hydrogens is 290 g/mol. The number of aryl methyl sites for hydroxylation is 1. The van der Waals surface area contributed by atoms with Gasteiger partial charge >= 0.3 is 0 Å². The number of phenolic OH excluding ortho intramolecular Hbond substituents is 1. The van der Waals surface area contributed by atoms with Gasteiger partial charge in [-0.3, -0.25) is 4.79 Å². The van der Waals surface area contributed by atoms with Gasteiger partial charge in [0.25, 0.3) is 0 Å². The zero-order valence-electron chi connectivity index (χ0n) is 13.3. The van der Waals surface area contributed by atoms with Crippen molar-refractivity contribution >= 4 is 5.91 Å². The van der Waals surface area contributed by atoms with Crippen LogP contribution < -0.4 is 4.74 Å². The van der Waals surface area contributed by atoms with Crippen molar-refractivity contribution in [2.45, 2.75) is 25.8 Å². The quantitative estimate of drug-likeness (QED) is 0.944. The lowest BCUT2D eigenvalue weighted by Crippen LogP contribution is -2.36. The van der Waals surface area contributed by atoms with E-state index in [-0.39, 0.29) is 11.7 Å². The first kappa shape index (κ1) is 15.4. The monoisotopic (exact) mass is 311 g/mol. The second-order valence-electron chi connectivity index (χ2n) is 5.87. The van der Waals surface area contributed by atoms with Crippen molar-refractivity contribution < 1.29 is 14.6 Å². The Balaban J connectivity index is 1.58. The van der Waals surface area contributed by atoms with Gasteiger partial charge in [0.15, 0.2) is 0 Å². The van der Waals surface area contributed by atoms with Crippen LogP contribution in [0, 0.1) is 0 Å². The van der Waals surface area contributed by atoms with Gasteiger partial charge in [0.1, 0.15) is 11.5 Å². The highest BCUT2D eigenvalue weighted by Crippen LogP contribution is 2.23. The number of methoxy groups -OCH3 is 1. The van der Waals surface area contributed by atoms with Crippen LogP contribution in [-0.4, -0.2) is 29.6 Å². The van der Waals surface area contributed by atoms with E-state index in [1.54, 1.807) is 19.2 Å². The predicted octanol–water partition coefficient (Wildman–Crippen LogP) is 2.92. The predicted molar refractivity (Wildman–Crippen MR) is 88.5 cm³/mol. The smallest absolute Gasteiger partial charge is 0.223 e. The molecule has 0 spiro atoms. The zero-order chi connectivity index (χ0) is 16.2. The minimum Gasteiger partial charge on any atom is -0.508 e. The number of hydrogen-bond donors (Lipinski definition) is 1. The van der Waals surface area contributed by atoms with Gasteiger partial charge in [0.2, 0.25) is 5.91 Å². The van der Waals surface area contributed by atoms with Crippen LogP contribution in [0.5, 0.6) is 11.5 Å². The minimum absolute atomic E-state index is 0.162. The molecule has 120 valence electrons. The molecule has 4 heteroatoms. The third-order valence-electron chi connectivity index (χ3n) is 4.34. The summed E-state index contributed by atoms with van der Waals surface area (Å²) in [4.78, 5) is 14.3. The molecule has 0 radical (unpaired) electrons. The minimum atomic E-state index is 0.162. The van der Waals surface area contributed by atoms with E-state index >= 15 is 0 Å². The van der Waals surface area contributed by atoms with E-state index < -0.39 is 0 Å². The number of hydrogen-bond acceptors (Lipinski definition) is 3. The molecule has 0 saturated carbocycles. The first-order chi connectivity index (χ1) is 11.2. The van der Waals surface area contributed by atoms with Crippen LogP contribution in [0.4, 0.5) is 0 Å². The van der Waals surface area contributed by atoms with Gasteiger partial charge in [0, 0.05) is 19.5 Å². The maximum Gasteiger partial charge on any atom is 0.223 e. The van der Waals surface area contributed by atoms with Gasteiger partial charge in [-0.2, -0.15) is 0 Å². The Morgan fingerprint density at radius 2 is 1.96 bits per heavy atom. The van der Waals surface area contributed by atoms with Crippen molar-refractivity contribution in [1.82, 2.24) is 4.90 Å². The lowest BCUT2D eigenvalue weighted by atomic mass is 9.99. The topological polar surface area (TPSA) is 49.8 Å². The summed E-state index contributed by atoms with van der Waals surface area (Å²) in [6, 6.07) is 13.2. The highest BCUT2D eigenvalue weighted by atomic mass is 16.5. The molecule has 0 bridgehead atoms. The van der Waals surface area contributed by atoms with Crippen LogP contribution in [0.15, 0.2) is 42.5 Å². The van der Waals surface area contributed by atoms with Crippen molar-refractivity contribution in [1.29, 1.82) is 0 Å². The Bertz CT molecular complexity index is 694. The molecule has 0 aliphatic carbocycles. The van der Waals surface area contributed by atoms with Crippen molar-refractivity contribution in [3.63, 3.8) is 0 Å². The second kappa shape index (κ2) is 6.73. The molecule has 23 heavy (non-hydrogen) atoms. The molecule has 0 aromatic heterocycles. The van der Waals surface area contributed by atoms with Gasteiger partial charge in [0.05, 0.1) is 7.11 Å². The van der Waals surface area contributed by atoms with E-state index in [1.807, 2.05) is 35.2 Å². The van der Waals surface area contributed by atoms with E-state index in [9.17, 15) is 9.90 Å². The SMILES string of the molecule is COc1ccc(CCC(=O)N2CCc3ccc(O)cc3C2)cc1. The maximum absolute atomic E-state index is 12.4. The summed E-state index contributed by atoms with van der Waals surface area (Å²) in [5.41, 5.74) is 3.41. The number of benzene rings is 2. The number of phenols is 1. The fourth-order valence-corrected chi connectivity index (χ4v) is 2.96. The lowest BCUT2D eigenvalue weighted by molar-refractivity contribution is -0.132. The average Bonchev–Trinajstić information content (AvgIpc) is 2.59. The Kier molecular flexibility index (Phi) is 4.51. The van der Waals surface area contributed by atoms with Gasteiger partial charge < -0.3 is 14.7 Å². The standard InChI is InChI=1S/C19H21NO3/c1-23-18-7-2-14(3-8-18)4-9-19(22)20-11-10-15-5-6-17(21)12-16(15)13-20/h2-3,5-8,12,21H,4,9-11,13H2,1H3. The molecule has 1 heterocycles. The maximum atomic E-state index is 12.4. The molecule has 0 saturated heterocycles. The van der Waals surface area contributed by atoms with Gasteiger partial charge in [-0.1, -0.05) is 18.2 Å². The fraction of sp³-hybridized carbons (Fsp3) is 0.316. The number of fused-ring (bicyclic) bond motifs is 1. The average molecular weight is 311 g/mol. The number of ether oxygens (including phenoxy) is 1. The molecule has 2 aromatic carbocycles. The van der Waals surface area contributed by atoms with Crippen LogP contribution >= 0.6 is 0 Å². The van der Waals surface area contributed by atoms with Crippen molar-refractivity contribution in [2.75, 3.05) is 13.7 Å². The summed E-state index contributed by atoms with van der Waals surface area (Å²) in [5, 5.41) is 9.59. The van der Waals surface area contributed by atoms with Gasteiger partial charge in [-0.05, 0) is 53.8 Å². The number of carbonyl (C=O) groups is 1. The highest BCUT2D eigenvalue weighted by Gasteiger charge is 2.20. The summed E-state index contributed by atoms with van der Waals surface area (Å²) < 4.78 is 5.14. The molecular formula is C19H21NO3. The van der Waals surface area contributed by atoms with E-state index in [0.717, 1.165) is 36.3 Å². The zero-order valence-corrected chi connectivity index (χ0v) is 13.3. The van der Waals surface area contributed by atoms with E-state index in [0.29, 0.717) is 13.0 Å². The van der Waals surface area contributed by atoms with Gasteiger partial charge in [-0.25, -0.2) is 0 Å². The normalized spacial score (nSPS) is 13.5. The van der Waals surface area contributed by atoms with E-state index in [1.165, 1.54) is 5.56 Å². The number of rotatable bonds is 4. The molecule has 1 N–H and O–H groups in total. The fourth-order valence-electron chi connectivity index (χ4n) is 2.96. The molecule has 4 nitrogen and oxygen atoms in total. The number of aromatic hydroxyl groups is 1. The lowest BCUT2D eigenvalue weighted by Gasteiger charge is -2.29. The first-order valence-corrected chi connectivity index (χ1v) is 7.87. The van der Waals surface area contributed by atoms with Crippen LogP contribution in [0.3, 0.4) is 0 Å². The molecule has 0 fully saturated rings. The Hall–Kier alpha value is -2.49. The molecule has 1 aliphatic heterocycles. The van der Waals surface area contributed by atoms with E-state index in [4.69, 9.17) is 4.74 Å². The molecule has 1 amide bonds. The molecule has 1 aliphatic rings. The summed E-state index contributed by atoms with van der Waals surface area (Å²) in [6.45, 7) is 1.34. The molecule has 2 aromatic rings. The number of carbonyl (C=O) groups excluding carboxylic acids is 1. The highest BCUT2D eigenvalue weighted by molar-refractivity contribution is 5.76. The summed E-state index contributed by atoms with van der Waals surface area (Å²) in [6.07, 6.45) is 2.08. The molecule has 0 unspecified atom stereocenters. The number of amides is 1. The van der Waals surface area contributed by atoms with E-state index in [2.05, 4.69) is 0 Å². The largest absolute Gasteiger partial charge is 0.508 e. The molecule has 0 atom stereocenters. The third kappa shape index (κ3) is 3.65. The first-order valence-electron chi connectivity index (χ1n) is 7.87. The van der Waals surface area contributed by atoms with Crippen LogP contribution in [0.25, 0.3) is 0 Å². The second-order valence-corrected chi connectivity index (χ2v) is 5.87. The van der Waals surface area contributed by atoms with Crippen LogP contribution in [0.1, 0.15) is 23.1 Å². The summed E-state index contributed by atoms with van der Waals surface area (Å²) in [7, 11) is 1.64. The van der Waals surface area contributed by atoms with Crippen LogP contribution in [-0.2, 0) is 24.2 Å². The summed E-state index contributed by atoms with van der Waals surface area (Å²) in [5.74, 6) is 1.25.